The minimum Gasteiger partial charge on any atom is -0.378 e. The number of amides is 2. The van der Waals surface area contributed by atoms with E-state index in [9.17, 15) is 4.79 Å². The molecular formula is C18H21N3O2S. The smallest absolute Gasteiger partial charge is 0.319 e. The molecule has 1 aliphatic heterocycles. The fraction of sp³-hybridized carbons (Fsp3) is 0.444. The van der Waals surface area contributed by atoms with Crippen LogP contribution in [0, 0.1) is 5.92 Å². The molecule has 2 N–H and O–H groups in total. The summed E-state index contributed by atoms with van der Waals surface area (Å²) in [7, 11) is 0. The van der Waals surface area contributed by atoms with E-state index >= 15 is 0 Å². The van der Waals surface area contributed by atoms with Gasteiger partial charge in [-0.25, -0.2) is 9.78 Å². The molecule has 1 saturated heterocycles. The van der Waals surface area contributed by atoms with Gasteiger partial charge in [0.15, 0.2) is 0 Å². The predicted molar refractivity (Wildman–Crippen MR) is 95.2 cm³/mol. The van der Waals surface area contributed by atoms with Crippen LogP contribution in [0.5, 0.6) is 0 Å². The number of fused-ring (bicyclic) bond motifs is 1. The van der Waals surface area contributed by atoms with Gasteiger partial charge in [0.05, 0.1) is 6.10 Å². The summed E-state index contributed by atoms with van der Waals surface area (Å²) in [5.74, 6) is 0.464. The Kier molecular flexibility index (Phi) is 4.49. The van der Waals surface area contributed by atoms with Crippen molar-refractivity contribution in [3.63, 3.8) is 0 Å². The summed E-state index contributed by atoms with van der Waals surface area (Å²) >= 11 is 1.59. The number of ether oxygens (including phenoxy) is 1. The minimum absolute atomic E-state index is 0.135. The van der Waals surface area contributed by atoms with Crippen molar-refractivity contribution < 1.29 is 9.53 Å². The van der Waals surface area contributed by atoms with Gasteiger partial charge in [0.2, 0.25) is 0 Å². The number of hydrogen-bond acceptors (Lipinski definition) is 4. The van der Waals surface area contributed by atoms with Gasteiger partial charge < -0.3 is 15.4 Å². The quantitative estimate of drug-likeness (QED) is 0.889. The summed E-state index contributed by atoms with van der Waals surface area (Å²) in [4.78, 5) is 16.7. The molecule has 0 unspecified atom stereocenters. The zero-order valence-electron chi connectivity index (χ0n) is 13.4. The average molecular weight is 343 g/mol. The molecule has 1 aromatic heterocycles. The predicted octanol–water partition coefficient (Wildman–Crippen LogP) is 3.89. The fourth-order valence-electron chi connectivity index (χ4n) is 3.79. The van der Waals surface area contributed by atoms with Crippen molar-refractivity contribution in [1.29, 1.82) is 0 Å². The van der Waals surface area contributed by atoms with Crippen molar-refractivity contribution in [2.75, 3.05) is 11.9 Å². The third-order valence-electron chi connectivity index (χ3n) is 4.90. The molecule has 6 heteroatoms. The highest BCUT2D eigenvalue weighted by molar-refractivity contribution is 7.13. The van der Waals surface area contributed by atoms with Gasteiger partial charge in [-0.1, -0.05) is 12.1 Å². The van der Waals surface area contributed by atoms with Crippen LogP contribution >= 0.6 is 11.3 Å². The first-order chi connectivity index (χ1) is 11.8. The lowest BCUT2D eigenvalue weighted by Gasteiger charge is -2.33. The van der Waals surface area contributed by atoms with Crippen LogP contribution in [0.1, 0.15) is 25.7 Å². The number of hydrogen-bond donors (Lipinski definition) is 2. The lowest BCUT2D eigenvalue weighted by molar-refractivity contribution is 0.0553. The van der Waals surface area contributed by atoms with Gasteiger partial charge in [-0.3, -0.25) is 0 Å². The van der Waals surface area contributed by atoms with Gasteiger partial charge in [-0.2, -0.15) is 0 Å². The molecule has 2 heterocycles. The van der Waals surface area contributed by atoms with Crippen LogP contribution in [-0.2, 0) is 4.74 Å². The Morgan fingerprint density at radius 3 is 3.12 bits per heavy atom. The number of carbonyl (C=O) groups excluding carboxylic acids is 1. The second-order valence-corrected chi connectivity index (χ2v) is 7.31. The Morgan fingerprint density at radius 1 is 1.29 bits per heavy atom. The minimum atomic E-state index is -0.135. The molecule has 4 rings (SSSR count). The SMILES string of the molecule is O=C(Nc1cccc(-c2nccs2)c1)N[C@@H]1CCC[C@H]2OCC[C@H]12. The number of nitrogens with zero attached hydrogens (tertiary/aromatic N) is 1. The molecule has 0 bridgehead atoms. The molecule has 1 saturated carbocycles. The van der Waals surface area contributed by atoms with E-state index in [4.69, 9.17) is 4.74 Å². The van der Waals surface area contributed by atoms with Crippen molar-refractivity contribution in [2.24, 2.45) is 5.92 Å². The number of rotatable bonds is 3. The molecule has 126 valence electrons. The summed E-state index contributed by atoms with van der Waals surface area (Å²) < 4.78 is 5.77. The highest BCUT2D eigenvalue weighted by Gasteiger charge is 2.38. The largest absolute Gasteiger partial charge is 0.378 e. The fourth-order valence-corrected chi connectivity index (χ4v) is 4.42. The average Bonchev–Trinajstić information content (AvgIpc) is 3.27. The molecule has 2 aromatic rings. The van der Waals surface area contributed by atoms with Gasteiger partial charge in [-0.05, 0) is 37.8 Å². The first kappa shape index (κ1) is 15.6. The number of benzene rings is 1. The summed E-state index contributed by atoms with van der Waals surface area (Å²) in [6.07, 6.45) is 6.45. The van der Waals surface area contributed by atoms with Gasteiger partial charge >= 0.3 is 6.03 Å². The van der Waals surface area contributed by atoms with E-state index in [0.717, 1.165) is 48.5 Å². The lowest BCUT2D eigenvalue weighted by atomic mass is 9.82. The van der Waals surface area contributed by atoms with E-state index in [0.29, 0.717) is 12.0 Å². The second-order valence-electron chi connectivity index (χ2n) is 6.42. The number of thiazole rings is 1. The van der Waals surface area contributed by atoms with E-state index in [2.05, 4.69) is 15.6 Å². The summed E-state index contributed by atoms with van der Waals surface area (Å²) in [6, 6.07) is 7.88. The van der Waals surface area contributed by atoms with Crippen molar-refractivity contribution in [3.8, 4) is 10.6 Å². The van der Waals surface area contributed by atoms with Crippen molar-refractivity contribution in [3.05, 3.63) is 35.8 Å². The van der Waals surface area contributed by atoms with E-state index in [1.165, 1.54) is 0 Å². The van der Waals surface area contributed by atoms with Gasteiger partial charge in [0, 0.05) is 41.4 Å². The van der Waals surface area contributed by atoms with Crippen LogP contribution in [0.2, 0.25) is 0 Å². The molecule has 2 fully saturated rings. The first-order valence-corrected chi connectivity index (χ1v) is 9.36. The van der Waals surface area contributed by atoms with Crippen LogP contribution in [0.25, 0.3) is 10.6 Å². The van der Waals surface area contributed by atoms with E-state index in [1.807, 2.05) is 29.6 Å². The maximum atomic E-state index is 12.4. The zero-order valence-corrected chi connectivity index (χ0v) is 14.2. The van der Waals surface area contributed by atoms with Crippen LogP contribution in [0.4, 0.5) is 10.5 Å². The highest BCUT2D eigenvalue weighted by Crippen LogP contribution is 2.34. The van der Waals surface area contributed by atoms with Gasteiger partial charge in [0.25, 0.3) is 0 Å². The molecule has 24 heavy (non-hydrogen) atoms. The Morgan fingerprint density at radius 2 is 2.25 bits per heavy atom. The zero-order chi connectivity index (χ0) is 16.4. The van der Waals surface area contributed by atoms with Crippen molar-refractivity contribution in [1.82, 2.24) is 10.3 Å². The summed E-state index contributed by atoms with van der Waals surface area (Å²) in [5.41, 5.74) is 1.81. The molecule has 0 radical (unpaired) electrons. The number of nitrogens with one attached hydrogen (secondary N) is 2. The number of carbonyl (C=O) groups is 1. The standard InChI is InChI=1S/C18H21N3O2S/c22-18(21-15-5-2-6-16-14(15)7-9-23-16)20-13-4-1-3-12(11-13)17-19-8-10-24-17/h1,3-4,8,10-11,14-16H,2,5-7,9H2,(H2,20,21,22)/t14-,15-,16-/m1/s1. The number of anilines is 1. The molecule has 2 amide bonds. The highest BCUT2D eigenvalue weighted by atomic mass is 32.1. The molecule has 1 aromatic carbocycles. The van der Waals surface area contributed by atoms with Gasteiger partial charge in [-0.15, -0.1) is 11.3 Å². The summed E-state index contributed by atoms with van der Waals surface area (Å²) in [6.45, 7) is 0.824. The van der Waals surface area contributed by atoms with Crippen molar-refractivity contribution >= 4 is 23.1 Å². The topological polar surface area (TPSA) is 63.2 Å². The Balaban J connectivity index is 1.40. The number of urea groups is 1. The number of aromatic nitrogens is 1. The van der Waals surface area contributed by atoms with E-state index < -0.39 is 0 Å². The maximum absolute atomic E-state index is 12.4. The van der Waals surface area contributed by atoms with E-state index in [1.54, 1.807) is 17.5 Å². The monoisotopic (exact) mass is 343 g/mol. The Labute approximate surface area is 145 Å². The van der Waals surface area contributed by atoms with Crippen LogP contribution in [0.15, 0.2) is 35.8 Å². The third-order valence-corrected chi connectivity index (χ3v) is 5.72. The Hall–Kier alpha value is -1.92. The second kappa shape index (κ2) is 6.91. The van der Waals surface area contributed by atoms with Crippen molar-refractivity contribution in [2.45, 2.75) is 37.8 Å². The van der Waals surface area contributed by atoms with Crippen LogP contribution < -0.4 is 10.6 Å². The first-order valence-electron chi connectivity index (χ1n) is 8.48. The molecule has 5 nitrogen and oxygen atoms in total. The van der Waals surface area contributed by atoms with Crippen LogP contribution in [-0.4, -0.2) is 29.8 Å². The maximum Gasteiger partial charge on any atom is 0.319 e. The lowest BCUT2D eigenvalue weighted by Crippen LogP contribution is -2.47. The normalized spacial score (nSPS) is 25.9. The third kappa shape index (κ3) is 3.30. The Bertz CT molecular complexity index is 704. The van der Waals surface area contributed by atoms with E-state index in [-0.39, 0.29) is 12.1 Å². The van der Waals surface area contributed by atoms with Crippen LogP contribution in [0.3, 0.4) is 0 Å². The molecule has 3 atom stereocenters. The molecule has 2 aliphatic rings. The molecular weight excluding hydrogens is 322 g/mol. The molecule has 1 aliphatic carbocycles. The summed E-state index contributed by atoms with van der Waals surface area (Å²) in [5, 5.41) is 9.01. The molecule has 0 spiro atoms. The van der Waals surface area contributed by atoms with Gasteiger partial charge in [0.1, 0.15) is 5.01 Å².